The number of nitrogens with zero attached hydrogens (tertiary/aromatic N) is 3. The smallest absolute Gasteiger partial charge is 0.143 e. The van der Waals surface area contributed by atoms with Gasteiger partial charge in [0.2, 0.25) is 0 Å². The summed E-state index contributed by atoms with van der Waals surface area (Å²) in [5, 5.41) is 17.0. The van der Waals surface area contributed by atoms with Gasteiger partial charge >= 0.3 is 0 Å². The Morgan fingerprint density at radius 3 is 2.92 bits per heavy atom. The Morgan fingerprint density at radius 1 is 1.42 bits per heavy atom. The van der Waals surface area contributed by atoms with E-state index in [1.54, 1.807) is 12.3 Å². The van der Waals surface area contributed by atoms with Crippen LogP contribution in [0, 0.1) is 22.7 Å². The van der Waals surface area contributed by atoms with Gasteiger partial charge in [0.15, 0.2) is 0 Å². The Hall–Kier alpha value is -1.87. The molecule has 0 amide bonds. The van der Waals surface area contributed by atoms with E-state index in [-0.39, 0.29) is 0 Å². The number of hydrogen-bond donors (Lipinski definition) is 0. The van der Waals surface area contributed by atoms with Crippen molar-refractivity contribution in [2.24, 2.45) is 0 Å². The molecule has 0 saturated carbocycles. The van der Waals surface area contributed by atoms with Crippen LogP contribution in [0.15, 0.2) is 18.3 Å². The molecule has 12 heavy (non-hydrogen) atoms. The molecule has 1 rings (SSSR count). The number of aromatic nitrogens is 1. The summed E-state index contributed by atoms with van der Waals surface area (Å²) in [6.45, 7) is 0. The molecule has 0 bridgehead atoms. The van der Waals surface area contributed by atoms with Crippen molar-refractivity contribution in [2.75, 3.05) is 0 Å². The van der Waals surface area contributed by atoms with Gasteiger partial charge in [0.1, 0.15) is 11.8 Å². The van der Waals surface area contributed by atoms with Crippen LogP contribution in [0.5, 0.6) is 0 Å². The summed E-state index contributed by atoms with van der Waals surface area (Å²) in [7, 11) is 0. The minimum absolute atomic E-state index is 0.424. The van der Waals surface area contributed by atoms with Gasteiger partial charge in [-0.25, -0.2) is 4.98 Å². The van der Waals surface area contributed by atoms with Crippen LogP contribution >= 0.6 is 0 Å². The fraction of sp³-hybridized carbons (Fsp3) is 0.222. The minimum Gasteiger partial charge on any atom is -0.245 e. The van der Waals surface area contributed by atoms with Crippen LogP contribution in [0.1, 0.15) is 17.7 Å². The molecule has 1 heterocycles. The summed E-state index contributed by atoms with van der Waals surface area (Å²) < 4.78 is 0. The van der Waals surface area contributed by atoms with Gasteiger partial charge in [0.25, 0.3) is 0 Å². The molecule has 0 fully saturated rings. The number of pyridine rings is 1. The highest BCUT2D eigenvalue weighted by atomic mass is 14.7. The van der Waals surface area contributed by atoms with E-state index in [1.807, 2.05) is 18.2 Å². The van der Waals surface area contributed by atoms with Crippen LogP contribution in [0.2, 0.25) is 0 Å². The molecule has 0 aliphatic carbocycles. The van der Waals surface area contributed by atoms with Gasteiger partial charge in [-0.2, -0.15) is 10.5 Å². The molecule has 0 aliphatic heterocycles. The topological polar surface area (TPSA) is 60.5 Å². The van der Waals surface area contributed by atoms with Gasteiger partial charge in [-0.1, -0.05) is 6.07 Å². The first-order chi connectivity index (χ1) is 5.88. The van der Waals surface area contributed by atoms with Gasteiger partial charge in [0, 0.05) is 12.6 Å². The average molecular weight is 157 g/mol. The summed E-state index contributed by atoms with van der Waals surface area (Å²) in [5.41, 5.74) is 1.27. The van der Waals surface area contributed by atoms with Crippen molar-refractivity contribution in [3.8, 4) is 12.1 Å². The standard InChI is InChI=1S/C9H7N3/c10-5-1-3-8-4-2-6-12-9(8)7-11/h2,4,6H,1,3H2. The van der Waals surface area contributed by atoms with Gasteiger partial charge in [-0.3, -0.25) is 0 Å². The quantitative estimate of drug-likeness (QED) is 0.652. The van der Waals surface area contributed by atoms with Crippen molar-refractivity contribution in [3.63, 3.8) is 0 Å². The van der Waals surface area contributed by atoms with Crippen LogP contribution in [0.3, 0.4) is 0 Å². The average Bonchev–Trinajstić information content (AvgIpc) is 2.15. The Balaban J connectivity index is 2.86. The van der Waals surface area contributed by atoms with Crippen molar-refractivity contribution >= 4 is 0 Å². The van der Waals surface area contributed by atoms with Gasteiger partial charge in [0.05, 0.1) is 6.07 Å². The zero-order chi connectivity index (χ0) is 8.81. The van der Waals surface area contributed by atoms with E-state index in [4.69, 9.17) is 10.5 Å². The summed E-state index contributed by atoms with van der Waals surface area (Å²) in [6, 6.07) is 7.61. The van der Waals surface area contributed by atoms with Crippen molar-refractivity contribution in [3.05, 3.63) is 29.6 Å². The first-order valence-electron chi connectivity index (χ1n) is 3.59. The number of hydrogen-bond acceptors (Lipinski definition) is 3. The molecular formula is C9H7N3. The molecule has 1 aromatic rings. The predicted octanol–water partition coefficient (Wildman–Crippen LogP) is 1.41. The number of aryl methyl sites for hydroxylation is 1. The molecule has 58 valence electrons. The Kier molecular flexibility index (Phi) is 2.81. The zero-order valence-corrected chi connectivity index (χ0v) is 6.49. The molecule has 0 N–H and O–H groups in total. The van der Waals surface area contributed by atoms with Crippen LogP contribution in [-0.2, 0) is 6.42 Å². The van der Waals surface area contributed by atoms with Gasteiger partial charge in [-0.05, 0) is 18.1 Å². The first kappa shape index (κ1) is 8.23. The van der Waals surface area contributed by atoms with E-state index >= 15 is 0 Å². The molecule has 3 heteroatoms. The van der Waals surface area contributed by atoms with E-state index in [0.29, 0.717) is 18.5 Å². The second-order valence-electron chi connectivity index (χ2n) is 2.28. The van der Waals surface area contributed by atoms with Crippen LogP contribution in [0.25, 0.3) is 0 Å². The van der Waals surface area contributed by atoms with Gasteiger partial charge in [-0.15, -0.1) is 0 Å². The summed E-state index contributed by atoms with van der Waals surface area (Å²) in [6.07, 6.45) is 2.61. The summed E-state index contributed by atoms with van der Waals surface area (Å²) in [4.78, 5) is 3.88. The highest BCUT2D eigenvalue weighted by Gasteiger charge is 2.00. The second-order valence-corrected chi connectivity index (χ2v) is 2.28. The third-order valence-electron chi connectivity index (χ3n) is 1.50. The molecule has 3 nitrogen and oxygen atoms in total. The molecule has 0 atom stereocenters. The van der Waals surface area contributed by atoms with Crippen LogP contribution < -0.4 is 0 Å². The monoisotopic (exact) mass is 157 g/mol. The molecule has 0 saturated heterocycles. The van der Waals surface area contributed by atoms with E-state index in [2.05, 4.69) is 4.98 Å². The van der Waals surface area contributed by atoms with E-state index in [1.165, 1.54) is 0 Å². The lowest BCUT2D eigenvalue weighted by Gasteiger charge is -1.97. The maximum Gasteiger partial charge on any atom is 0.143 e. The predicted molar refractivity (Wildman–Crippen MR) is 42.9 cm³/mol. The Labute approximate surface area is 70.9 Å². The maximum atomic E-state index is 8.62. The fourth-order valence-corrected chi connectivity index (χ4v) is 0.932. The zero-order valence-electron chi connectivity index (χ0n) is 6.49. The van der Waals surface area contributed by atoms with Crippen molar-refractivity contribution < 1.29 is 0 Å². The number of rotatable bonds is 2. The van der Waals surface area contributed by atoms with E-state index < -0.39 is 0 Å². The minimum atomic E-state index is 0.424. The molecule has 0 spiro atoms. The lowest BCUT2D eigenvalue weighted by Crippen LogP contribution is -1.91. The lowest BCUT2D eigenvalue weighted by molar-refractivity contribution is 0.986. The van der Waals surface area contributed by atoms with Crippen molar-refractivity contribution in [1.29, 1.82) is 10.5 Å². The van der Waals surface area contributed by atoms with Crippen LogP contribution in [0.4, 0.5) is 0 Å². The molecule has 0 radical (unpaired) electrons. The molecule has 1 aromatic heterocycles. The number of nitriles is 2. The van der Waals surface area contributed by atoms with Crippen molar-refractivity contribution in [2.45, 2.75) is 12.8 Å². The van der Waals surface area contributed by atoms with Crippen LogP contribution in [-0.4, -0.2) is 4.98 Å². The molecule has 0 aromatic carbocycles. The molecule has 0 aliphatic rings. The Morgan fingerprint density at radius 2 is 2.25 bits per heavy atom. The van der Waals surface area contributed by atoms with E-state index in [9.17, 15) is 0 Å². The molecule has 0 unspecified atom stereocenters. The third-order valence-corrected chi connectivity index (χ3v) is 1.50. The highest BCUT2D eigenvalue weighted by Crippen LogP contribution is 2.05. The van der Waals surface area contributed by atoms with E-state index in [0.717, 1.165) is 5.56 Å². The van der Waals surface area contributed by atoms with Gasteiger partial charge < -0.3 is 0 Å². The first-order valence-corrected chi connectivity index (χ1v) is 3.59. The maximum absolute atomic E-state index is 8.62. The SMILES string of the molecule is N#CCCc1cccnc1C#N. The second kappa shape index (κ2) is 4.10. The normalized spacial score (nSPS) is 8.50. The van der Waals surface area contributed by atoms with Crippen molar-refractivity contribution in [1.82, 2.24) is 4.98 Å². The fourth-order valence-electron chi connectivity index (χ4n) is 0.932. The summed E-state index contributed by atoms with van der Waals surface area (Å²) >= 11 is 0. The summed E-state index contributed by atoms with van der Waals surface area (Å²) in [5.74, 6) is 0. The largest absolute Gasteiger partial charge is 0.245 e. The lowest BCUT2D eigenvalue weighted by atomic mass is 10.1. The molecular weight excluding hydrogens is 150 g/mol. The Bertz CT molecular complexity index is 344. The highest BCUT2D eigenvalue weighted by molar-refractivity contribution is 5.30. The third kappa shape index (κ3) is 1.81.